The van der Waals surface area contributed by atoms with Gasteiger partial charge in [0.25, 0.3) is 0 Å². The van der Waals surface area contributed by atoms with Crippen LogP contribution in [0.15, 0.2) is 27.4 Å². The Hall–Kier alpha value is -1.57. The van der Waals surface area contributed by atoms with Gasteiger partial charge in [-0.1, -0.05) is 0 Å². The summed E-state index contributed by atoms with van der Waals surface area (Å²) in [7, 11) is -2.93. The van der Waals surface area contributed by atoms with Crippen molar-refractivity contribution in [1.82, 2.24) is 0 Å². The van der Waals surface area contributed by atoms with Crippen LogP contribution in [0.2, 0.25) is 0 Å². The Bertz CT molecular complexity index is 891. The van der Waals surface area contributed by atoms with E-state index >= 15 is 0 Å². The maximum Gasteiger partial charge on any atom is 0.336 e. The van der Waals surface area contributed by atoms with E-state index < -0.39 is 15.5 Å². The van der Waals surface area contributed by atoms with Crippen molar-refractivity contribution in [3.05, 3.63) is 39.7 Å². The molecule has 1 aromatic carbocycles. The van der Waals surface area contributed by atoms with Gasteiger partial charge in [-0.05, 0) is 24.6 Å². The lowest BCUT2D eigenvalue weighted by molar-refractivity contribution is -0.699. The van der Waals surface area contributed by atoms with Crippen LogP contribution in [0.1, 0.15) is 17.5 Å². The number of sulfone groups is 1. The van der Waals surface area contributed by atoms with E-state index in [-0.39, 0.29) is 35.7 Å². The number of quaternary nitrogens is 1. The fourth-order valence-electron chi connectivity index (χ4n) is 2.92. The van der Waals surface area contributed by atoms with Gasteiger partial charge in [-0.25, -0.2) is 13.2 Å². The summed E-state index contributed by atoms with van der Waals surface area (Å²) in [6.07, 6.45) is 0.608. The van der Waals surface area contributed by atoms with Crippen LogP contribution in [0, 0.1) is 6.92 Å². The number of hydrogen-bond donors (Lipinski definition) is 2. The number of nitrogens with two attached hydrogens (primary N) is 1. The highest BCUT2D eigenvalue weighted by Crippen LogP contribution is 2.27. The van der Waals surface area contributed by atoms with Crippen LogP contribution < -0.4 is 23.3 Å². The first-order valence-corrected chi connectivity index (χ1v) is 8.97. The Morgan fingerprint density at radius 1 is 1.39 bits per heavy atom. The third-order valence-electron chi connectivity index (χ3n) is 4.12. The Kier molecular flexibility index (Phi) is 5.03. The monoisotopic (exact) mass is 359 g/mol. The second-order valence-electron chi connectivity index (χ2n) is 5.79. The smallest absolute Gasteiger partial charge is 0.336 e. The van der Waals surface area contributed by atoms with Gasteiger partial charge in [0.1, 0.15) is 24.1 Å². The third-order valence-corrected chi connectivity index (χ3v) is 5.91. The fourth-order valence-corrected chi connectivity index (χ4v) is 4.70. The summed E-state index contributed by atoms with van der Waals surface area (Å²) in [5.41, 5.74) is 1.24. The first-order valence-electron chi connectivity index (χ1n) is 7.15. The molecule has 3 rings (SSSR count). The highest BCUT2D eigenvalue weighted by atomic mass is 35.5. The normalized spacial score (nSPS) is 19.6. The van der Waals surface area contributed by atoms with Gasteiger partial charge in [0.15, 0.2) is 15.4 Å². The van der Waals surface area contributed by atoms with Crippen molar-refractivity contribution in [3.8, 4) is 5.75 Å². The van der Waals surface area contributed by atoms with Crippen molar-refractivity contribution >= 4 is 20.8 Å². The summed E-state index contributed by atoms with van der Waals surface area (Å²) >= 11 is 0. The molecule has 0 amide bonds. The maximum absolute atomic E-state index is 11.6. The molecule has 8 heteroatoms. The number of halogens is 1. The molecule has 3 N–H and O–H groups in total. The van der Waals surface area contributed by atoms with Crippen LogP contribution in [-0.2, 0) is 16.4 Å². The van der Waals surface area contributed by atoms with Gasteiger partial charge in [0.2, 0.25) is 0 Å². The SMILES string of the molecule is Cc1cc(=O)oc2c(C[NH2+]C3CCS(=O)(=O)C3)c(O)ccc12.[Cl-]. The summed E-state index contributed by atoms with van der Waals surface area (Å²) in [5, 5.41) is 12.7. The van der Waals surface area contributed by atoms with Crippen LogP contribution in [0.3, 0.4) is 0 Å². The van der Waals surface area contributed by atoms with Gasteiger partial charge in [-0.2, -0.15) is 0 Å². The molecule has 1 aliphatic rings. The molecule has 2 aromatic rings. The molecule has 126 valence electrons. The van der Waals surface area contributed by atoms with Crippen LogP contribution >= 0.6 is 0 Å². The Morgan fingerprint density at radius 3 is 2.78 bits per heavy atom. The lowest BCUT2D eigenvalue weighted by Crippen LogP contribution is -3.00. The van der Waals surface area contributed by atoms with Crippen LogP contribution in [0.25, 0.3) is 11.0 Å². The second kappa shape index (κ2) is 6.51. The molecule has 1 aromatic heterocycles. The Labute approximate surface area is 139 Å². The number of rotatable bonds is 3. The van der Waals surface area contributed by atoms with Crippen molar-refractivity contribution in [2.75, 3.05) is 11.5 Å². The molecule has 1 unspecified atom stereocenters. The Balaban J connectivity index is 0.00000192. The number of fused-ring (bicyclic) bond motifs is 1. The van der Waals surface area contributed by atoms with E-state index in [2.05, 4.69) is 0 Å². The van der Waals surface area contributed by atoms with Crippen molar-refractivity contribution in [1.29, 1.82) is 0 Å². The van der Waals surface area contributed by atoms with Crippen molar-refractivity contribution < 1.29 is 35.7 Å². The van der Waals surface area contributed by atoms with Gasteiger partial charge in [0, 0.05) is 17.9 Å². The molecule has 0 spiro atoms. The third kappa shape index (κ3) is 3.68. The van der Waals surface area contributed by atoms with E-state index in [0.717, 1.165) is 10.9 Å². The molecule has 0 radical (unpaired) electrons. The maximum atomic E-state index is 11.6. The standard InChI is InChI=1S/C15H17NO5S.ClH/c1-9-6-14(18)21-15-11(9)2-3-13(17)12(15)7-16-10-4-5-22(19,20)8-10;/h2-3,6,10,16-17H,4-5,7-8H2,1H3;1H. The van der Waals surface area contributed by atoms with E-state index in [1.54, 1.807) is 12.1 Å². The van der Waals surface area contributed by atoms with Gasteiger partial charge < -0.3 is 27.2 Å². The molecular formula is C15H18ClNO5S. The van der Waals surface area contributed by atoms with E-state index in [0.29, 0.717) is 24.1 Å². The Morgan fingerprint density at radius 2 is 2.13 bits per heavy atom. The first kappa shape index (κ1) is 17.8. The summed E-state index contributed by atoms with van der Waals surface area (Å²) < 4.78 is 28.2. The van der Waals surface area contributed by atoms with E-state index in [4.69, 9.17) is 4.42 Å². The van der Waals surface area contributed by atoms with Gasteiger partial charge in [-0.3, -0.25) is 0 Å². The molecule has 0 bridgehead atoms. The fraction of sp³-hybridized carbons (Fsp3) is 0.400. The minimum absolute atomic E-state index is 0. The molecule has 1 fully saturated rings. The number of benzene rings is 1. The molecule has 1 aliphatic heterocycles. The zero-order chi connectivity index (χ0) is 15.9. The number of aromatic hydroxyl groups is 1. The molecule has 1 saturated heterocycles. The molecule has 23 heavy (non-hydrogen) atoms. The lowest BCUT2D eigenvalue weighted by atomic mass is 10.1. The largest absolute Gasteiger partial charge is 1.00 e. The summed E-state index contributed by atoms with van der Waals surface area (Å²) in [6, 6.07) is 4.68. The highest BCUT2D eigenvalue weighted by molar-refractivity contribution is 7.91. The predicted octanol–water partition coefficient (Wildman–Crippen LogP) is -2.94. The van der Waals surface area contributed by atoms with E-state index in [1.165, 1.54) is 6.07 Å². The zero-order valence-corrected chi connectivity index (χ0v) is 14.2. The van der Waals surface area contributed by atoms with Gasteiger partial charge in [0.05, 0.1) is 11.3 Å². The number of phenolic OH excluding ortho intramolecular Hbond substituents is 1. The molecular weight excluding hydrogens is 342 g/mol. The molecule has 2 heterocycles. The highest BCUT2D eigenvalue weighted by Gasteiger charge is 2.30. The predicted molar refractivity (Wildman–Crippen MR) is 81.6 cm³/mol. The van der Waals surface area contributed by atoms with Gasteiger partial charge >= 0.3 is 5.63 Å². The number of hydrogen-bond acceptors (Lipinski definition) is 5. The number of phenols is 1. The van der Waals surface area contributed by atoms with Crippen molar-refractivity contribution in [3.63, 3.8) is 0 Å². The summed E-state index contributed by atoms with van der Waals surface area (Å²) in [5.74, 6) is 0.420. The topological polar surface area (TPSA) is 101 Å². The van der Waals surface area contributed by atoms with Crippen LogP contribution in [0.5, 0.6) is 5.75 Å². The average molecular weight is 360 g/mol. The van der Waals surface area contributed by atoms with E-state index in [1.807, 2.05) is 12.2 Å². The van der Waals surface area contributed by atoms with Crippen molar-refractivity contribution in [2.45, 2.75) is 25.9 Å². The van der Waals surface area contributed by atoms with E-state index in [9.17, 15) is 18.3 Å². The molecule has 6 nitrogen and oxygen atoms in total. The lowest BCUT2D eigenvalue weighted by Gasteiger charge is -2.11. The minimum atomic E-state index is -2.93. The van der Waals surface area contributed by atoms with Crippen LogP contribution in [0.4, 0.5) is 0 Å². The number of aryl methyl sites for hydroxylation is 1. The first-order chi connectivity index (χ1) is 10.4. The zero-order valence-electron chi connectivity index (χ0n) is 12.6. The molecule has 0 aliphatic carbocycles. The summed E-state index contributed by atoms with van der Waals surface area (Å²) in [4.78, 5) is 11.6. The molecule has 0 saturated carbocycles. The second-order valence-corrected chi connectivity index (χ2v) is 8.02. The van der Waals surface area contributed by atoms with Crippen LogP contribution in [-0.4, -0.2) is 31.1 Å². The minimum Gasteiger partial charge on any atom is -1.00 e. The quantitative estimate of drug-likeness (QED) is 0.571. The summed E-state index contributed by atoms with van der Waals surface area (Å²) in [6.45, 7) is 2.18. The average Bonchev–Trinajstić information content (AvgIpc) is 2.77. The van der Waals surface area contributed by atoms with Gasteiger partial charge in [-0.15, -0.1) is 0 Å². The van der Waals surface area contributed by atoms with Crippen molar-refractivity contribution in [2.24, 2.45) is 0 Å². The molecule has 1 atom stereocenters.